The van der Waals surface area contributed by atoms with Crippen molar-refractivity contribution in [1.82, 2.24) is 5.43 Å². The van der Waals surface area contributed by atoms with E-state index in [0.717, 1.165) is 16.3 Å². The molecule has 1 amide bonds. The van der Waals surface area contributed by atoms with Crippen LogP contribution in [0.3, 0.4) is 0 Å². The molecule has 2 N–H and O–H groups in total. The number of non-ortho nitro benzene ring substituents is 1. The highest BCUT2D eigenvalue weighted by atomic mass is 79.9. The number of fused-ring (bicyclic) bond motifs is 1. The number of hydrazone groups is 1. The lowest BCUT2D eigenvalue weighted by Crippen LogP contribution is -2.17. The molecule has 188 valence electrons. The number of benzene rings is 4. The Labute approximate surface area is 220 Å². The molecular formula is C27H22BrN3O6. The largest absolute Gasteiger partial charge is 0.507 e. The fourth-order valence-electron chi connectivity index (χ4n) is 3.54. The number of aromatic hydroxyl groups is 1. The number of carbonyl (C=O) groups is 1. The molecule has 0 fully saturated rings. The van der Waals surface area contributed by atoms with Gasteiger partial charge in [-0.05, 0) is 75.6 Å². The molecule has 10 heteroatoms. The van der Waals surface area contributed by atoms with Crippen LogP contribution < -0.4 is 14.9 Å². The number of nitrogens with zero attached hydrogens (tertiary/aromatic N) is 2. The topological polar surface area (TPSA) is 123 Å². The summed E-state index contributed by atoms with van der Waals surface area (Å²) >= 11 is 3.48. The van der Waals surface area contributed by atoms with Gasteiger partial charge in [-0.1, -0.05) is 24.3 Å². The highest BCUT2D eigenvalue weighted by Gasteiger charge is 2.13. The summed E-state index contributed by atoms with van der Waals surface area (Å²) in [5.74, 6) is 0.242. The first-order chi connectivity index (χ1) is 17.9. The van der Waals surface area contributed by atoms with Crippen molar-refractivity contribution in [3.05, 3.63) is 104 Å². The second-order valence-electron chi connectivity index (χ2n) is 7.88. The number of phenolic OH excluding ortho intramolecular Hbond substituents is 1. The van der Waals surface area contributed by atoms with Crippen LogP contribution in [0.2, 0.25) is 0 Å². The minimum Gasteiger partial charge on any atom is -0.507 e. The third kappa shape index (κ3) is 6.22. The second-order valence-corrected chi connectivity index (χ2v) is 8.74. The van der Waals surface area contributed by atoms with Crippen molar-refractivity contribution < 1.29 is 24.3 Å². The maximum absolute atomic E-state index is 12.6. The second kappa shape index (κ2) is 11.5. The highest BCUT2D eigenvalue weighted by molar-refractivity contribution is 9.10. The van der Waals surface area contributed by atoms with Gasteiger partial charge in [0.1, 0.15) is 12.4 Å². The van der Waals surface area contributed by atoms with Crippen LogP contribution in [0.4, 0.5) is 5.69 Å². The number of carbonyl (C=O) groups excluding carboxylic acids is 1. The van der Waals surface area contributed by atoms with Gasteiger partial charge in [0.25, 0.3) is 11.6 Å². The van der Waals surface area contributed by atoms with Gasteiger partial charge in [0.2, 0.25) is 0 Å². The average Bonchev–Trinajstić information content (AvgIpc) is 2.89. The van der Waals surface area contributed by atoms with E-state index < -0.39 is 10.8 Å². The number of nitro benzene ring substituents is 1. The Morgan fingerprint density at radius 2 is 1.73 bits per heavy atom. The average molecular weight is 564 g/mol. The van der Waals surface area contributed by atoms with Gasteiger partial charge < -0.3 is 14.6 Å². The number of rotatable bonds is 9. The zero-order chi connectivity index (χ0) is 26.4. The van der Waals surface area contributed by atoms with Crippen LogP contribution >= 0.6 is 15.9 Å². The van der Waals surface area contributed by atoms with E-state index in [1.165, 1.54) is 24.4 Å². The SMILES string of the molecule is CCOc1cc(C=NNC(=O)c2cc3ccccc3cc2O)c(Br)cc1OCc1ccc([N+](=O)[O-])cc1. The fraction of sp³-hybridized carbons (Fsp3) is 0.111. The van der Waals surface area contributed by atoms with Crippen LogP contribution in [-0.2, 0) is 6.61 Å². The number of halogens is 1. The summed E-state index contributed by atoms with van der Waals surface area (Å²) in [7, 11) is 0. The van der Waals surface area contributed by atoms with Crippen LogP contribution in [0, 0.1) is 10.1 Å². The lowest BCUT2D eigenvalue weighted by molar-refractivity contribution is -0.384. The molecule has 4 aromatic rings. The Kier molecular flexibility index (Phi) is 7.99. The minimum absolute atomic E-state index is 0.00746. The van der Waals surface area contributed by atoms with Crippen molar-refractivity contribution in [3.8, 4) is 17.2 Å². The van der Waals surface area contributed by atoms with Gasteiger partial charge >= 0.3 is 0 Å². The summed E-state index contributed by atoms with van der Waals surface area (Å²) in [5.41, 5.74) is 3.93. The molecule has 9 nitrogen and oxygen atoms in total. The Bertz CT molecular complexity index is 1490. The standard InChI is InChI=1S/C27H22BrN3O6/c1-2-36-25-13-20(23(28)14-26(25)37-16-17-7-9-21(10-8-17)31(34)35)15-29-30-27(33)22-11-18-5-3-4-6-19(18)12-24(22)32/h3-15,32H,2,16H2,1H3,(H,30,33). The van der Waals surface area contributed by atoms with Gasteiger partial charge in [0.15, 0.2) is 11.5 Å². The summed E-state index contributed by atoms with van der Waals surface area (Å²) in [6.45, 7) is 2.42. The quantitative estimate of drug-likeness (QED) is 0.147. The van der Waals surface area contributed by atoms with E-state index in [1.54, 1.807) is 30.3 Å². The van der Waals surface area contributed by atoms with E-state index in [9.17, 15) is 20.0 Å². The number of hydrogen-bond donors (Lipinski definition) is 2. The number of ether oxygens (including phenoxy) is 2. The summed E-state index contributed by atoms with van der Waals surface area (Å²) < 4.78 is 12.2. The van der Waals surface area contributed by atoms with Crippen molar-refractivity contribution in [2.75, 3.05) is 6.61 Å². The van der Waals surface area contributed by atoms with Gasteiger partial charge in [-0.15, -0.1) is 0 Å². The Morgan fingerprint density at radius 1 is 1.05 bits per heavy atom. The summed E-state index contributed by atoms with van der Waals surface area (Å²) in [5, 5.41) is 26.8. The van der Waals surface area contributed by atoms with Crippen molar-refractivity contribution in [1.29, 1.82) is 0 Å². The van der Waals surface area contributed by atoms with E-state index in [0.29, 0.717) is 28.1 Å². The van der Waals surface area contributed by atoms with Crippen LogP contribution in [-0.4, -0.2) is 28.8 Å². The number of phenols is 1. The maximum atomic E-state index is 12.6. The first-order valence-corrected chi connectivity index (χ1v) is 12.0. The molecule has 0 aromatic heterocycles. The normalized spacial score (nSPS) is 11.0. The first kappa shape index (κ1) is 25.6. The van der Waals surface area contributed by atoms with Crippen molar-refractivity contribution in [2.24, 2.45) is 5.10 Å². The number of amides is 1. The fourth-order valence-corrected chi connectivity index (χ4v) is 3.96. The van der Waals surface area contributed by atoms with Gasteiger partial charge in [-0.25, -0.2) is 5.43 Å². The highest BCUT2D eigenvalue weighted by Crippen LogP contribution is 2.34. The molecule has 4 rings (SSSR count). The monoisotopic (exact) mass is 563 g/mol. The molecule has 0 bridgehead atoms. The van der Waals surface area contributed by atoms with Gasteiger partial charge in [-0.2, -0.15) is 5.10 Å². The predicted molar refractivity (Wildman–Crippen MR) is 143 cm³/mol. The van der Waals surface area contributed by atoms with Gasteiger partial charge in [0.05, 0.1) is 23.3 Å². The molecule has 0 unspecified atom stereocenters. The smallest absolute Gasteiger partial charge is 0.275 e. The minimum atomic E-state index is -0.552. The van der Waals surface area contributed by atoms with E-state index >= 15 is 0 Å². The molecule has 0 aliphatic heterocycles. The number of nitrogens with one attached hydrogen (secondary N) is 1. The van der Waals surface area contributed by atoms with Crippen LogP contribution in [0.1, 0.15) is 28.4 Å². The van der Waals surface area contributed by atoms with Crippen LogP contribution in [0.15, 0.2) is 82.4 Å². The van der Waals surface area contributed by atoms with Crippen molar-refractivity contribution in [3.63, 3.8) is 0 Å². The Balaban J connectivity index is 1.47. The van der Waals surface area contributed by atoms with E-state index in [2.05, 4.69) is 26.5 Å². The molecule has 37 heavy (non-hydrogen) atoms. The lowest BCUT2D eigenvalue weighted by Gasteiger charge is -2.14. The number of hydrogen-bond acceptors (Lipinski definition) is 7. The molecule has 0 radical (unpaired) electrons. The molecular weight excluding hydrogens is 542 g/mol. The molecule has 0 saturated heterocycles. The van der Waals surface area contributed by atoms with E-state index in [4.69, 9.17) is 9.47 Å². The van der Waals surface area contributed by atoms with Gasteiger partial charge in [0, 0.05) is 22.2 Å². The Hall–Kier alpha value is -4.44. The molecule has 0 spiro atoms. The van der Waals surface area contributed by atoms with Crippen molar-refractivity contribution >= 4 is 44.5 Å². The molecule has 0 aliphatic rings. The summed E-state index contributed by atoms with van der Waals surface area (Å²) in [6.07, 6.45) is 1.45. The van der Waals surface area contributed by atoms with E-state index in [1.807, 2.05) is 31.2 Å². The van der Waals surface area contributed by atoms with Gasteiger partial charge in [-0.3, -0.25) is 14.9 Å². The van der Waals surface area contributed by atoms with Crippen LogP contribution in [0.5, 0.6) is 17.2 Å². The third-order valence-electron chi connectivity index (χ3n) is 5.38. The van der Waals surface area contributed by atoms with E-state index in [-0.39, 0.29) is 23.6 Å². The third-order valence-corrected chi connectivity index (χ3v) is 6.07. The maximum Gasteiger partial charge on any atom is 0.275 e. The first-order valence-electron chi connectivity index (χ1n) is 11.2. The van der Waals surface area contributed by atoms with Crippen LogP contribution in [0.25, 0.3) is 10.8 Å². The van der Waals surface area contributed by atoms with Crippen molar-refractivity contribution in [2.45, 2.75) is 13.5 Å². The molecule has 0 atom stereocenters. The summed E-state index contributed by atoms with van der Waals surface area (Å²) in [4.78, 5) is 23.0. The Morgan fingerprint density at radius 3 is 2.41 bits per heavy atom. The number of nitro groups is 1. The zero-order valence-corrected chi connectivity index (χ0v) is 21.3. The molecule has 0 aliphatic carbocycles. The summed E-state index contributed by atoms with van der Waals surface area (Å²) in [6, 6.07) is 20.1. The molecule has 0 saturated carbocycles. The lowest BCUT2D eigenvalue weighted by atomic mass is 10.1. The molecule has 0 heterocycles. The predicted octanol–water partition coefficient (Wildman–Crippen LogP) is 5.96. The zero-order valence-electron chi connectivity index (χ0n) is 19.7. The molecule has 4 aromatic carbocycles.